The Kier molecular flexibility index (Phi) is 9.52. The number of anilines is 1. The molecule has 0 radical (unpaired) electrons. The van der Waals surface area contributed by atoms with Gasteiger partial charge in [0.1, 0.15) is 11.3 Å². The molecule has 19 heteroatoms. The van der Waals surface area contributed by atoms with Crippen molar-refractivity contribution in [2.24, 2.45) is 0 Å². The Hall–Kier alpha value is -3.78. The Labute approximate surface area is 238 Å². The number of fused-ring (bicyclic) bond motifs is 1. The summed E-state index contributed by atoms with van der Waals surface area (Å²) >= 11 is 0.836. The zero-order valence-corrected chi connectivity index (χ0v) is 23.2. The number of aromatic carboxylic acids is 1. The van der Waals surface area contributed by atoms with Crippen molar-refractivity contribution in [3.8, 4) is 11.3 Å². The monoisotopic (exact) mass is 638 g/mol. The number of aliphatic hydroxyl groups is 2. The second-order valence-corrected chi connectivity index (χ2v) is 11.9. The molecule has 0 amide bonds. The molecule has 42 heavy (non-hydrogen) atoms. The summed E-state index contributed by atoms with van der Waals surface area (Å²) in [5.41, 5.74) is 2.22. The average Bonchev–Trinajstić information content (AvgIpc) is 3.50. The molecule has 12 nitrogen and oxygen atoms in total. The number of carboxylic acid groups (broad SMARTS) is 1. The lowest BCUT2D eigenvalue weighted by molar-refractivity contribution is -0.137. The third-order valence-corrected chi connectivity index (χ3v) is 8.79. The molecule has 0 bridgehead atoms. The van der Waals surface area contributed by atoms with E-state index >= 15 is 0 Å². The molecule has 0 unspecified atom stereocenters. The molecule has 3 heterocycles. The smallest absolute Gasteiger partial charge is 0.416 e. The summed E-state index contributed by atoms with van der Waals surface area (Å²) in [5, 5.41) is 30.9. The number of carboxylic acids is 1. The van der Waals surface area contributed by atoms with E-state index in [-0.39, 0.29) is 26.2 Å². The lowest BCUT2D eigenvalue weighted by Gasteiger charge is -2.25. The Bertz CT molecular complexity index is 1690. The van der Waals surface area contributed by atoms with E-state index < -0.39 is 64.2 Å². The maximum atomic E-state index is 13.2. The van der Waals surface area contributed by atoms with Gasteiger partial charge in [-0.3, -0.25) is 0 Å². The number of nitrogens with one attached hydrogen (secondary N) is 1. The first-order valence-corrected chi connectivity index (χ1v) is 13.8. The fraction of sp³-hybridized carbons (Fsp3) is 0.304. The minimum Gasteiger partial charge on any atom is -0.477 e. The highest BCUT2D eigenvalue weighted by molar-refractivity contribution is 7.91. The van der Waals surface area contributed by atoms with Crippen LogP contribution in [0.3, 0.4) is 0 Å². The fourth-order valence-corrected chi connectivity index (χ4v) is 6.10. The number of halogens is 5. The van der Waals surface area contributed by atoms with Crippen molar-refractivity contribution in [2.75, 3.05) is 18.9 Å². The predicted octanol–water partition coefficient (Wildman–Crippen LogP) is 3.11. The van der Waals surface area contributed by atoms with Crippen molar-refractivity contribution < 1.29 is 50.5 Å². The largest absolute Gasteiger partial charge is 0.477 e. The lowest BCUT2D eigenvalue weighted by atomic mass is 10.1. The number of aryl methyl sites for hydroxylation is 1. The van der Waals surface area contributed by atoms with E-state index in [0.29, 0.717) is 10.2 Å². The number of sulfonamides is 1. The van der Waals surface area contributed by atoms with Crippen LogP contribution in [0.1, 0.15) is 40.7 Å². The van der Waals surface area contributed by atoms with Crippen molar-refractivity contribution in [3.63, 3.8) is 0 Å². The molecule has 0 saturated heterocycles. The van der Waals surface area contributed by atoms with Gasteiger partial charge in [-0.05, 0) is 32.0 Å². The van der Waals surface area contributed by atoms with Crippen molar-refractivity contribution in [2.45, 2.75) is 36.2 Å². The zero-order valence-electron chi connectivity index (χ0n) is 21.6. The maximum Gasteiger partial charge on any atom is 0.416 e. The van der Waals surface area contributed by atoms with E-state index in [1.807, 2.05) is 0 Å². The minimum absolute atomic E-state index is 0.0110. The number of nitrogens with two attached hydrogens (primary N) is 1. The molecule has 0 aliphatic rings. The Balaban J connectivity index is 0.000000250. The quantitative estimate of drug-likeness (QED) is 0.179. The van der Waals surface area contributed by atoms with Crippen molar-refractivity contribution in [1.82, 2.24) is 24.3 Å². The molecule has 228 valence electrons. The number of alkyl halides is 5. The molecular formula is C23H23F5N6O6S2. The molecule has 6 N–H and O–H groups in total. The van der Waals surface area contributed by atoms with E-state index in [0.717, 1.165) is 47.9 Å². The van der Waals surface area contributed by atoms with Gasteiger partial charge in [0.15, 0.2) is 15.0 Å². The highest BCUT2D eigenvalue weighted by Crippen LogP contribution is 2.32. The SMILES string of the molecule is Cc1nc(N)sc1S(=O)(=O)NC(C)(CO)CO.O=C(O)c1cnn2c(C(F)F)cc(-c3ccc(C(F)(F)F)cc3)nc12. The highest BCUT2D eigenvalue weighted by atomic mass is 32.2. The van der Waals surface area contributed by atoms with E-state index in [4.69, 9.17) is 21.1 Å². The molecule has 0 spiro atoms. The summed E-state index contributed by atoms with van der Waals surface area (Å²) in [6.07, 6.45) is -6.64. The van der Waals surface area contributed by atoms with Crippen LogP contribution in [0, 0.1) is 6.92 Å². The fourth-order valence-electron chi connectivity index (χ4n) is 3.41. The van der Waals surface area contributed by atoms with Crippen LogP contribution < -0.4 is 10.5 Å². The van der Waals surface area contributed by atoms with Crippen LogP contribution in [0.25, 0.3) is 16.9 Å². The molecule has 0 saturated carbocycles. The summed E-state index contributed by atoms with van der Waals surface area (Å²) in [4.78, 5) is 18.9. The average molecular weight is 639 g/mol. The van der Waals surface area contributed by atoms with Gasteiger partial charge in [0.25, 0.3) is 16.4 Å². The van der Waals surface area contributed by atoms with E-state index in [1.165, 1.54) is 13.8 Å². The number of aromatic nitrogens is 4. The van der Waals surface area contributed by atoms with Gasteiger partial charge >= 0.3 is 12.1 Å². The van der Waals surface area contributed by atoms with Gasteiger partial charge in [0, 0.05) is 5.56 Å². The predicted molar refractivity (Wildman–Crippen MR) is 140 cm³/mol. The summed E-state index contributed by atoms with van der Waals surface area (Å²) in [5.74, 6) is -1.41. The Morgan fingerprint density at radius 3 is 2.19 bits per heavy atom. The van der Waals surface area contributed by atoms with Crippen molar-refractivity contribution >= 4 is 38.1 Å². The molecule has 4 aromatic rings. The molecule has 3 aromatic heterocycles. The topological polar surface area (TPSA) is 193 Å². The van der Waals surface area contributed by atoms with Gasteiger partial charge in [-0.1, -0.05) is 23.5 Å². The van der Waals surface area contributed by atoms with Crippen molar-refractivity contribution in [1.29, 1.82) is 0 Å². The van der Waals surface area contributed by atoms with Gasteiger partial charge in [0.2, 0.25) is 0 Å². The first kappa shape index (κ1) is 32.7. The number of rotatable bonds is 8. The van der Waals surface area contributed by atoms with Crippen LogP contribution in [-0.2, 0) is 16.2 Å². The van der Waals surface area contributed by atoms with E-state index in [1.54, 1.807) is 0 Å². The lowest BCUT2D eigenvalue weighted by Crippen LogP contribution is -2.51. The van der Waals surface area contributed by atoms with Gasteiger partial charge in [-0.2, -0.15) is 23.0 Å². The van der Waals surface area contributed by atoms with Crippen molar-refractivity contribution in [3.05, 3.63) is 59.0 Å². The van der Waals surface area contributed by atoms with Crippen LogP contribution in [0.5, 0.6) is 0 Å². The van der Waals surface area contributed by atoms with Gasteiger partial charge in [-0.15, -0.1) is 0 Å². The van der Waals surface area contributed by atoms with Gasteiger partial charge in [0.05, 0.1) is 41.9 Å². The first-order valence-electron chi connectivity index (χ1n) is 11.5. The summed E-state index contributed by atoms with van der Waals surface area (Å²) in [6.45, 7) is 1.88. The third kappa shape index (κ3) is 7.16. The highest BCUT2D eigenvalue weighted by Gasteiger charge is 2.32. The zero-order chi connectivity index (χ0) is 31.6. The first-order chi connectivity index (χ1) is 19.4. The van der Waals surface area contributed by atoms with Gasteiger partial charge < -0.3 is 21.1 Å². The molecule has 0 aliphatic carbocycles. The number of benzene rings is 1. The van der Waals surface area contributed by atoms with E-state index in [2.05, 4.69) is 19.8 Å². The number of hydrogen-bond donors (Lipinski definition) is 5. The Morgan fingerprint density at radius 2 is 1.74 bits per heavy atom. The molecule has 0 aliphatic heterocycles. The van der Waals surface area contributed by atoms with Crippen LogP contribution in [-0.4, -0.2) is 68.0 Å². The number of aliphatic hydroxyl groups excluding tert-OH is 2. The molecular weight excluding hydrogens is 615 g/mol. The van der Waals surface area contributed by atoms with Gasteiger partial charge in [-0.25, -0.2) is 36.5 Å². The minimum atomic E-state index is -4.54. The number of carbonyl (C=O) groups is 1. The third-order valence-electron chi connectivity index (χ3n) is 5.55. The van der Waals surface area contributed by atoms with Crippen LogP contribution in [0.2, 0.25) is 0 Å². The summed E-state index contributed by atoms with van der Waals surface area (Å²) < 4.78 is 91.2. The number of nitrogen functional groups attached to an aromatic ring is 1. The molecule has 4 rings (SSSR count). The number of hydrogen-bond acceptors (Lipinski definition) is 10. The van der Waals surface area contributed by atoms with E-state index in [9.17, 15) is 35.2 Å². The standard InChI is InChI=1S/C15H8F5N3O2.C8H15N3O4S2/c16-12(17)11-5-10(7-1-3-8(4-2-7)15(18,19)20)22-13-9(14(24)25)6-21-23(11)13;1-5-6(16-7(9)10-5)17(14,15)11-8(2,3-12)4-13/h1-6,12H,(H,24,25);11-13H,3-4H2,1-2H3,(H2,9,10). The van der Waals surface area contributed by atoms with Crippen LogP contribution in [0.15, 0.2) is 40.7 Å². The normalized spacial score (nSPS) is 12.4. The maximum absolute atomic E-state index is 13.2. The summed E-state index contributed by atoms with van der Waals surface area (Å²) in [7, 11) is -3.85. The molecule has 0 fully saturated rings. The second kappa shape index (κ2) is 12.2. The second-order valence-electron chi connectivity index (χ2n) is 8.95. The summed E-state index contributed by atoms with van der Waals surface area (Å²) in [6, 6.07) is 4.69. The Morgan fingerprint density at radius 1 is 1.14 bits per heavy atom. The molecule has 0 atom stereocenters. The number of nitrogens with zero attached hydrogens (tertiary/aromatic N) is 4. The van der Waals surface area contributed by atoms with Crippen LogP contribution >= 0.6 is 11.3 Å². The van der Waals surface area contributed by atoms with Crippen LogP contribution in [0.4, 0.5) is 27.1 Å². The molecule has 1 aromatic carbocycles. The number of thiazole rings is 1.